The Morgan fingerprint density at radius 2 is 1.70 bits per heavy atom. The van der Waals surface area contributed by atoms with Crippen LogP contribution in [0.4, 0.5) is 18.9 Å². The molecule has 208 valence electrons. The highest BCUT2D eigenvalue weighted by atomic mass is 35.5. The number of hydrogen-bond donors (Lipinski definition) is 2. The zero-order valence-electron chi connectivity index (χ0n) is 20.5. The summed E-state index contributed by atoms with van der Waals surface area (Å²) >= 11 is 12.1. The number of carbonyl (C=O) groups excluding carboxylic acids is 5. The second-order valence-electron chi connectivity index (χ2n) is 9.71. The topological polar surface area (TPSA) is 113 Å². The number of amides is 3. The molecule has 0 spiro atoms. The van der Waals surface area contributed by atoms with Crippen molar-refractivity contribution in [1.82, 2.24) is 10.2 Å². The number of nitrogens with one attached hydrogen (secondary N) is 2. The van der Waals surface area contributed by atoms with Crippen LogP contribution in [-0.2, 0) is 31.9 Å². The Balaban J connectivity index is 1.37. The van der Waals surface area contributed by atoms with E-state index in [1.807, 2.05) is 0 Å². The Morgan fingerprint density at radius 1 is 1.00 bits per heavy atom. The van der Waals surface area contributed by atoms with Crippen LogP contribution in [0.2, 0.25) is 10.0 Å². The fourth-order valence-corrected chi connectivity index (χ4v) is 5.83. The number of rotatable bonds is 4. The second kappa shape index (κ2) is 10.4. The van der Waals surface area contributed by atoms with Gasteiger partial charge in [0.2, 0.25) is 11.8 Å². The van der Waals surface area contributed by atoms with Crippen molar-refractivity contribution in [2.75, 3.05) is 5.32 Å². The van der Waals surface area contributed by atoms with E-state index >= 15 is 0 Å². The minimum atomic E-state index is -4.76. The third kappa shape index (κ3) is 4.99. The molecule has 2 aliphatic heterocycles. The maximum Gasteiger partial charge on any atom is 0.416 e. The van der Waals surface area contributed by atoms with Crippen molar-refractivity contribution >= 4 is 58.2 Å². The number of fused-ring (bicyclic) bond motifs is 1. The average Bonchev–Trinajstić information content (AvgIpc) is 3.21. The first-order valence-electron chi connectivity index (χ1n) is 12.2. The number of allylic oxidation sites excluding steroid dienone is 1. The van der Waals surface area contributed by atoms with Crippen LogP contribution in [0.25, 0.3) is 0 Å². The van der Waals surface area contributed by atoms with Gasteiger partial charge in [0.1, 0.15) is 6.04 Å². The van der Waals surface area contributed by atoms with Crippen molar-refractivity contribution in [3.8, 4) is 0 Å². The summed E-state index contributed by atoms with van der Waals surface area (Å²) in [5.41, 5.74) is -0.403. The lowest BCUT2D eigenvalue weighted by Crippen LogP contribution is -2.52. The number of halogens is 5. The van der Waals surface area contributed by atoms with Crippen LogP contribution in [0.1, 0.15) is 58.6 Å². The maximum atomic E-state index is 13.7. The van der Waals surface area contributed by atoms with E-state index in [1.165, 1.54) is 11.1 Å². The Bertz CT molecular complexity index is 1500. The van der Waals surface area contributed by atoms with Gasteiger partial charge in [-0.2, -0.15) is 13.2 Å². The molecule has 13 heteroatoms. The molecule has 1 saturated heterocycles. The third-order valence-corrected chi connectivity index (χ3v) is 8.08. The van der Waals surface area contributed by atoms with Crippen molar-refractivity contribution < 1.29 is 37.1 Å². The van der Waals surface area contributed by atoms with Gasteiger partial charge < -0.3 is 10.2 Å². The summed E-state index contributed by atoms with van der Waals surface area (Å²) < 4.78 is 41.0. The van der Waals surface area contributed by atoms with Crippen LogP contribution >= 0.6 is 23.2 Å². The van der Waals surface area contributed by atoms with Gasteiger partial charge >= 0.3 is 6.18 Å². The fraction of sp³-hybridized carbons (Fsp3) is 0.296. The quantitative estimate of drug-likeness (QED) is 0.299. The number of hydrogen-bond acceptors (Lipinski definition) is 6. The predicted octanol–water partition coefficient (Wildman–Crippen LogP) is 4.78. The molecule has 3 aliphatic rings. The number of imide groups is 1. The minimum absolute atomic E-state index is 0.0598. The summed E-state index contributed by atoms with van der Waals surface area (Å²) in [7, 11) is 0. The van der Waals surface area contributed by atoms with Gasteiger partial charge in [-0.25, -0.2) is 0 Å². The number of nitrogens with zero attached hydrogens (tertiary/aromatic N) is 1. The lowest BCUT2D eigenvalue weighted by molar-refractivity contribution is -0.139. The van der Waals surface area contributed by atoms with E-state index in [0.717, 1.165) is 12.1 Å². The second-order valence-corrected chi connectivity index (χ2v) is 10.5. The van der Waals surface area contributed by atoms with E-state index in [-0.39, 0.29) is 40.6 Å². The highest BCUT2D eigenvalue weighted by Crippen LogP contribution is 2.45. The summed E-state index contributed by atoms with van der Waals surface area (Å²) in [6, 6.07) is 5.77. The molecule has 1 aliphatic carbocycles. The van der Waals surface area contributed by atoms with Gasteiger partial charge in [-0.1, -0.05) is 29.3 Å². The van der Waals surface area contributed by atoms with Crippen molar-refractivity contribution in [3.63, 3.8) is 0 Å². The molecule has 1 unspecified atom stereocenters. The molecule has 2 fully saturated rings. The van der Waals surface area contributed by atoms with Crippen LogP contribution < -0.4 is 10.6 Å². The molecule has 1 saturated carbocycles. The first kappa shape index (κ1) is 27.9. The Hall–Kier alpha value is -3.70. The minimum Gasteiger partial charge on any atom is -0.361 e. The lowest BCUT2D eigenvalue weighted by atomic mass is 9.78. The molecule has 2 N–H and O–H groups in total. The highest BCUT2D eigenvalue weighted by molar-refractivity contribution is 6.42. The van der Waals surface area contributed by atoms with E-state index in [2.05, 4.69) is 10.6 Å². The summed E-state index contributed by atoms with van der Waals surface area (Å²) in [6.45, 7) is 0.0598. The molecule has 0 aromatic heterocycles. The first-order valence-corrected chi connectivity index (χ1v) is 13.0. The monoisotopic (exact) mass is 593 g/mol. The fourth-order valence-electron chi connectivity index (χ4n) is 5.34. The van der Waals surface area contributed by atoms with Crippen LogP contribution in [0.5, 0.6) is 0 Å². The first-order chi connectivity index (χ1) is 18.9. The number of carbonyl (C=O) groups is 5. The van der Waals surface area contributed by atoms with Gasteiger partial charge in [0, 0.05) is 54.7 Å². The van der Waals surface area contributed by atoms with Crippen LogP contribution in [0.3, 0.4) is 0 Å². The van der Waals surface area contributed by atoms with Crippen LogP contribution in [-0.4, -0.2) is 40.2 Å². The zero-order valence-corrected chi connectivity index (χ0v) is 22.0. The standard InChI is InChI=1S/C27H20Cl2F3N3O5/c28-17-5-4-16(27(30,31)32)23(24(17)29)12-8-20(36)14(21(37)9-12)10-33-18-3-1-2-13-15(18)11-35(26(13)40)19-6-7-22(38)34-25(19)39/h1-5,10,12,19,33H,6-9,11H2,(H,34,38,39). The third-order valence-electron chi connectivity index (χ3n) is 7.26. The number of benzene rings is 2. The molecular formula is C27H20Cl2F3N3O5. The average molecular weight is 594 g/mol. The molecule has 40 heavy (non-hydrogen) atoms. The Kier molecular flexibility index (Phi) is 7.22. The number of ketones is 2. The number of anilines is 1. The number of piperidine rings is 1. The molecule has 5 rings (SSSR count). The van der Waals surface area contributed by atoms with Gasteiger partial charge in [0.05, 0.1) is 21.2 Å². The van der Waals surface area contributed by atoms with Gasteiger partial charge in [-0.3, -0.25) is 29.3 Å². The normalized spacial score (nSPS) is 21.5. The van der Waals surface area contributed by atoms with Crippen molar-refractivity contribution in [2.24, 2.45) is 0 Å². The maximum absolute atomic E-state index is 13.7. The van der Waals surface area contributed by atoms with Gasteiger partial charge in [0.15, 0.2) is 11.6 Å². The summed E-state index contributed by atoms with van der Waals surface area (Å²) in [6.07, 6.45) is -4.08. The molecule has 0 radical (unpaired) electrons. The Morgan fingerprint density at radius 3 is 2.35 bits per heavy atom. The van der Waals surface area contributed by atoms with E-state index in [4.69, 9.17) is 23.2 Å². The largest absolute Gasteiger partial charge is 0.416 e. The van der Waals surface area contributed by atoms with E-state index in [1.54, 1.807) is 18.2 Å². The van der Waals surface area contributed by atoms with Crippen LogP contribution in [0, 0.1) is 0 Å². The molecule has 2 heterocycles. The molecule has 1 atom stereocenters. The van der Waals surface area contributed by atoms with Gasteiger partial charge in [0.25, 0.3) is 5.91 Å². The van der Waals surface area contributed by atoms with E-state index < -0.39 is 65.8 Å². The van der Waals surface area contributed by atoms with E-state index in [0.29, 0.717) is 16.8 Å². The van der Waals surface area contributed by atoms with Crippen molar-refractivity contribution in [3.05, 3.63) is 74.4 Å². The predicted molar refractivity (Wildman–Crippen MR) is 138 cm³/mol. The molecule has 2 aromatic rings. The Labute approximate surface area is 235 Å². The lowest BCUT2D eigenvalue weighted by Gasteiger charge is -2.29. The summed E-state index contributed by atoms with van der Waals surface area (Å²) in [5.74, 6) is -3.82. The molecule has 8 nitrogen and oxygen atoms in total. The van der Waals surface area contributed by atoms with Crippen molar-refractivity contribution in [1.29, 1.82) is 0 Å². The molecule has 3 amide bonds. The van der Waals surface area contributed by atoms with Gasteiger partial charge in [-0.15, -0.1) is 0 Å². The zero-order chi connectivity index (χ0) is 28.9. The summed E-state index contributed by atoms with van der Waals surface area (Å²) in [5, 5.41) is 4.65. The van der Waals surface area contributed by atoms with Crippen LogP contribution in [0.15, 0.2) is 42.1 Å². The highest BCUT2D eigenvalue weighted by Gasteiger charge is 2.42. The molecule has 2 aromatic carbocycles. The molecular weight excluding hydrogens is 574 g/mol. The summed E-state index contributed by atoms with van der Waals surface area (Å²) in [4.78, 5) is 64.1. The smallest absolute Gasteiger partial charge is 0.361 e. The molecule has 0 bridgehead atoms. The SMILES string of the molecule is O=C1CCC(N2Cc3c(NC=C4C(=O)CC(c5c(C(F)(F)F)ccc(Cl)c5Cl)CC4=O)cccc3C2=O)C(=O)N1. The van der Waals surface area contributed by atoms with E-state index in [9.17, 15) is 37.1 Å². The number of Topliss-reactive ketones (excluding diaryl/α,β-unsaturated/α-hetero) is 2. The van der Waals surface area contributed by atoms with Crippen molar-refractivity contribution in [2.45, 2.75) is 50.4 Å². The number of alkyl halides is 3. The van der Waals surface area contributed by atoms with Gasteiger partial charge in [-0.05, 0) is 36.2 Å².